The molecule has 2 nitrogen and oxygen atoms in total. The fourth-order valence-corrected chi connectivity index (χ4v) is 10.9. The first-order valence-electron chi connectivity index (χ1n) is 22.8. The van der Waals surface area contributed by atoms with E-state index in [2.05, 4.69) is 248 Å². The summed E-state index contributed by atoms with van der Waals surface area (Å²) in [5, 5.41) is 2.19. The quantitative estimate of drug-likeness (QED) is 0.172. The molecule has 1 heterocycles. The van der Waals surface area contributed by atoms with Crippen LogP contribution >= 0.6 is 0 Å². The minimum Gasteiger partial charge on any atom is -0.455 e. The topological polar surface area (TPSA) is 16.4 Å². The van der Waals surface area contributed by atoms with E-state index in [1.807, 2.05) is 0 Å². The second-order valence-electron chi connectivity index (χ2n) is 20.6. The summed E-state index contributed by atoms with van der Waals surface area (Å²) in [5.41, 5.74) is 19.2. The first-order valence-corrected chi connectivity index (χ1v) is 22.8. The van der Waals surface area contributed by atoms with Crippen LogP contribution in [0.3, 0.4) is 0 Å². The van der Waals surface area contributed by atoms with E-state index in [0.29, 0.717) is 0 Å². The summed E-state index contributed by atoms with van der Waals surface area (Å²) in [7, 11) is 0. The molecule has 0 fully saturated rings. The van der Waals surface area contributed by atoms with Gasteiger partial charge in [0.25, 0.3) is 0 Å². The molecule has 0 saturated carbocycles. The largest absolute Gasteiger partial charge is 0.455 e. The van der Waals surface area contributed by atoms with Crippen LogP contribution in [0.2, 0.25) is 0 Å². The first-order chi connectivity index (χ1) is 30.8. The number of hydrogen-bond donors (Lipinski definition) is 0. The van der Waals surface area contributed by atoms with Crippen molar-refractivity contribution in [1.82, 2.24) is 0 Å². The maximum Gasteiger partial charge on any atom is 0.145 e. The molecule has 0 unspecified atom stereocenters. The second-order valence-corrected chi connectivity index (χ2v) is 20.6. The lowest BCUT2D eigenvalue weighted by atomic mass is 9.62. The van der Waals surface area contributed by atoms with Crippen LogP contribution in [0.4, 0.5) is 17.1 Å². The van der Waals surface area contributed by atoms with Gasteiger partial charge in [-0.2, -0.15) is 0 Å². The summed E-state index contributed by atoms with van der Waals surface area (Å²) in [6.45, 7) is 18.5. The van der Waals surface area contributed by atoms with Crippen LogP contribution in [0.1, 0.15) is 111 Å². The molecule has 1 aromatic heterocycles. The van der Waals surface area contributed by atoms with Crippen molar-refractivity contribution < 1.29 is 4.42 Å². The Balaban J connectivity index is 1.31. The zero-order valence-corrected chi connectivity index (χ0v) is 38.3. The molecule has 11 rings (SSSR count). The Hall–Kier alpha value is -6.90. The summed E-state index contributed by atoms with van der Waals surface area (Å²) in [4.78, 5) is 2.47. The third kappa shape index (κ3) is 5.99. The number of benzene rings is 8. The molecule has 0 amide bonds. The molecule has 0 atom stereocenters. The number of rotatable bonds is 5. The molecule has 0 radical (unpaired) electrons. The second kappa shape index (κ2) is 14.3. The van der Waals surface area contributed by atoms with E-state index in [9.17, 15) is 0 Å². The van der Waals surface area contributed by atoms with Crippen LogP contribution in [0, 0.1) is 0 Å². The zero-order chi connectivity index (χ0) is 44.2. The van der Waals surface area contributed by atoms with Gasteiger partial charge in [0.15, 0.2) is 0 Å². The Morgan fingerprint density at radius 1 is 0.469 bits per heavy atom. The van der Waals surface area contributed by atoms with Crippen molar-refractivity contribution in [2.45, 2.75) is 77.0 Å². The van der Waals surface area contributed by atoms with Crippen molar-refractivity contribution in [3.8, 4) is 11.1 Å². The van der Waals surface area contributed by atoms with Gasteiger partial charge in [-0.25, -0.2) is 0 Å². The number of hydrogen-bond acceptors (Lipinski definition) is 2. The van der Waals surface area contributed by atoms with Crippen molar-refractivity contribution in [2.24, 2.45) is 0 Å². The Bertz CT molecular complexity index is 3180. The molecule has 0 spiro atoms. The molecule has 0 saturated heterocycles. The Morgan fingerprint density at radius 2 is 1.02 bits per heavy atom. The van der Waals surface area contributed by atoms with Crippen molar-refractivity contribution in [1.29, 1.82) is 0 Å². The van der Waals surface area contributed by atoms with Crippen molar-refractivity contribution in [3.63, 3.8) is 0 Å². The standard InChI is InChI=1S/C62H55NO/c1-59(2,3)41-28-32-45(33-29-41)63(46-34-30-42(31-35-46)60(4,5)6)55-39-54-48(58-57(55)49-24-16-18-26-56(49)64-58)36-27-40-37-53-50(47-23-15-17-25-51(47)61(53,7)8)38-52(40)62(54,43-19-11-9-12-20-43)44-21-13-10-14-22-44/h9-39H,1-8H3. The molecule has 8 aromatic carbocycles. The number of fused-ring (bicyclic) bond motifs is 9. The minimum absolute atomic E-state index is 0.0103. The fourth-order valence-electron chi connectivity index (χ4n) is 10.9. The van der Waals surface area contributed by atoms with E-state index in [1.54, 1.807) is 0 Å². The van der Waals surface area contributed by atoms with E-state index >= 15 is 0 Å². The highest BCUT2D eigenvalue weighted by Crippen LogP contribution is 2.58. The highest BCUT2D eigenvalue weighted by molar-refractivity contribution is 6.16. The molecular weight excluding hydrogens is 775 g/mol. The van der Waals surface area contributed by atoms with Gasteiger partial charge in [-0.1, -0.05) is 195 Å². The maximum atomic E-state index is 7.24. The third-order valence-corrected chi connectivity index (χ3v) is 14.3. The number of anilines is 3. The molecule has 2 heteroatoms. The molecule has 314 valence electrons. The van der Waals surface area contributed by atoms with Crippen molar-refractivity contribution in [3.05, 3.63) is 232 Å². The average Bonchev–Trinajstić information content (AvgIpc) is 3.74. The third-order valence-electron chi connectivity index (χ3n) is 14.3. The van der Waals surface area contributed by atoms with Gasteiger partial charge in [0.05, 0.1) is 16.5 Å². The maximum absolute atomic E-state index is 7.24. The van der Waals surface area contributed by atoms with Crippen LogP contribution in [0.5, 0.6) is 0 Å². The van der Waals surface area contributed by atoms with Crippen LogP contribution in [-0.2, 0) is 21.7 Å². The van der Waals surface area contributed by atoms with Gasteiger partial charge in [0.2, 0.25) is 0 Å². The van der Waals surface area contributed by atoms with E-state index in [-0.39, 0.29) is 16.2 Å². The van der Waals surface area contributed by atoms with Crippen LogP contribution in [0.15, 0.2) is 180 Å². The molecule has 2 aliphatic rings. The van der Waals surface area contributed by atoms with Crippen molar-refractivity contribution >= 4 is 51.2 Å². The molecule has 0 N–H and O–H groups in total. The minimum atomic E-state index is -0.757. The Morgan fingerprint density at radius 3 is 1.61 bits per heavy atom. The molecular formula is C62H55NO. The van der Waals surface area contributed by atoms with Gasteiger partial charge in [-0.3, -0.25) is 0 Å². The highest BCUT2D eigenvalue weighted by Gasteiger charge is 2.46. The monoisotopic (exact) mass is 829 g/mol. The SMILES string of the molecule is CC(C)(C)c1ccc(N(c2ccc(C(C)(C)C)cc2)c2cc3c(c4oc5ccccc5c24)C=Cc2cc4c(cc2C3(c2ccccc2)c2ccccc2)-c2ccccc2C4(C)C)cc1. The lowest BCUT2D eigenvalue weighted by Gasteiger charge is -2.39. The summed E-state index contributed by atoms with van der Waals surface area (Å²) >= 11 is 0. The van der Waals surface area contributed by atoms with Gasteiger partial charge in [0, 0.05) is 27.7 Å². The molecule has 9 aromatic rings. The Kier molecular flexibility index (Phi) is 8.92. The highest BCUT2D eigenvalue weighted by atomic mass is 16.3. The molecule has 64 heavy (non-hydrogen) atoms. The smallest absolute Gasteiger partial charge is 0.145 e. The van der Waals surface area contributed by atoms with Crippen molar-refractivity contribution in [2.75, 3.05) is 4.90 Å². The summed E-state index contributed by atoms with van der Waals surface area (Å²) in [5.74, 6) is 0. The lowest BCUT2D eigenvalue weighted by Crippen LogP contribution is -2.33. The van der Waals surface area contributed by atoms with Gasteiger partial charge in [-0.05, 0) is 121 Å². The molecule has 0 aliphatic heterocycles. The molecule has 0 bridgehead atoms. The zero-order valence-electron chi connectivity index (χ0n) is 38.3. The predicted octanol–water partition coefficient (Wildman–Crippen LogP) is 16.8. The van der Waals surface area contributed by atoms with Gasteiger partial charge < -0.3 is 9.32 Å². The van der Waals surface area contributed by atoms with Gasteiger partial charge in [-0.15, -0.1) is 0 Å². The van der Waals surface area contributed by atoms with Gasteiger partial charge in [0.1, 0.15) is 11.2 Å². The van der Waals surface area contributed by atoms with Crippen LogP contribution in [-0.4, -0.2) is 0 Å². The average molecular weight is 830 g/mol. The number of nitrogens with zero attached hydrogens (tertiary/aromatic N) is 1. The Labute approximate surface area is 378 Å². The van der Waals surface area contributed by atoms with Crippen LogP contribution < -0.4 is 4.90 Å². The predicted molar refractivity (Wildman–Crippen MR) is 271 cm³/mol. The number of para-hydroxylation sites is 1. The van der Waals surface area contributed by atoms with E-state index in [4.69, 9.17) is 4.42 Å². The molecule has 2 aliphatic carbocycles. The first kappa shape index (κ1) is 39.9. The lowest BCUT2D eigenvalue weighted by molar-refractivity contribution is 0.590. The summed E-state index contributed by atoms with van der Waals surface area (Å²) < 4.78 is 7.24. The number of furan rings is 1. The van der Waals surface area contributed by atoms with Gasteiger partial charge >= 0.3 is 0 Å². The van der Waals surface area contributed by atoms with E-state index in [1.165, 1.54) is 61.2 Å². The van der Waals surface area contributed by atoms with E-state index < -0.39 is 5.41 Å². The van der Waals surface area contributed by atoms with E-state index in [0.717, 1.165) is 44.6 Å². The normalized spacial score (nSPS) is 14.8. The van der Waals surface area contributed by atoms with Crippen LogP contribution in [0.25, 0.3) is 45.2 Å². The fraction of sp³-hybridized carbons (Fsp3) is 0.194. The summed E-state index contributed by atoms with van der Waals surface area (Å²) in [6.07, 6.45) is 4.71. The summed E-state index contributed by atoms with van der Waals surface area (Å²) in [6, 6.07) is 65.9.